The number of ketones is 1. The number of hydrogen-bond donors (Lipinski definition) is 0. The Bertz CT molecular complexity index is 394. The fraction of sp³-hybridized carbons (Fsp3) is 0.357. The molecule has 1 heterocycles. The second-order valence-corrected chi connectivity index (χ2v) is 4.26. The van der Waals surface area contributed by atoms with Crippen LogP contribution < -0.4 is 0 Å². The summed E-state index contributed by atoms with van der Waals surface area (Å²) in [5.41, 5.74) is 0.875. The zero-order chi connectivity index (χ0) is 11.4. The maximum Gasteiger partial charge on any atom is 0.162 e. The standard InChI is InChI=1S/C14H16O2/c1-2-14(11-13(15)8-9-16-14)10-12-6-4-3-5-7-12/h3-9H,2,10-11H2,1H3. The first-order valence-electron chi connectivity index (χ1n) is 5.65. The number of rotatable bonds is 3. The van der Waals surface area contributed by atoms with Gasteiger partial charge in [0.15, 0.2) is 5.78 Å². The van der Waals surface area contributed by atoms with Crippen molar-refractivity contribution in [3.63, 3.8) is 0 Å². The molecule has 1 aliphatic heterocycles. The molecule has 0 aromatic heterocycles. The van der Waals surface area contributed by atoms with Gasteiger partial charge in [-0.2, -0.15) is 0 Å². The van der Waals surface area contributed by atoms with Crippen molar-refractivity contribution in [3.05, 3.63) is 48.2 Å². The van der Waals surface area contributed by atoms with Gasteiger partial charge in [0.2, 0.25) is 0 Å². The number of carbonyl (C=O) groups is 1. The first-order valence-corrected chi connectivity index (χ1v) is 5.65. The van der Waals surface area contributed by atoms with E-state index in [0.717, 1.165) is 12.8 Å². The van der Waals surface area contributed by atoms with Crippen LogP contribution in [-0.2, 0) is 16.0 Å². The highest BCUT2D eigenvalue weighted by atomic mass is 16.5. The first kappa shape index (κ1) is 10.9. The summed E-state index contributed by atoms with van der Waals surface area (Å²) in [6.07, 6.45) is 5.17. The van der Waals surface area contributed by atoms with E-state index in [1.807, 2.05) is 18.2 Å². The van der Waals surface area contributed by atoms with Crippen LogP contribution in [0.2, 0.25) is 0 Å². The molecule has 0 fully saturated rings. The zero-order valence-corrected chi connectivity index (χ0v) is 9.48. The molecule has 2 rings (SSSR count). The van der Waals surface area contributed by atoms with E-state index in [0.29, 0.717) is 6.42 Å². The molecule has 0 amide bonds. The number of hydrogen-bond acceptors (Lipinski definition) is 2. The lowest BCUT2D eigenvalue weighted by Crippen LogP contribution is -2.37. The molecule has 2 nitrogen and oxygen atoms in total. The Labute approximate surface area is 95.9 Å². The van der Waals surface area contributed by atoms with Crippen LogP contribution in [0.5, 0.6) is 0 Å². The van der Waals surface area contributed by atoms with Crippen molar-refractivity contribution in [2.75, 3.05) is 0 Å². The maximum atomic E-state index is 11.5. The van der Waals surface area contributed by atoms with Gasteiger partial charge in [-0.1, -0.05) is 37.3 Å². The molecule has 0 saturated heterocycles. The fourth-order valence-electron chi connectivity index (χ4n) is 2.08. The number of carbonyl (C=O) groups excluding carboxylic acids is 1. The van der Waals surface area contributed by atoms with Crippen LogP contribution in [-0.4, -0.2) is 11.4 Å². The third kappa shape index (κ3) is 2.32. The number of ether oxygens (including phenoxy) is 1. The van der Waals surface area contributed by atoms with Gasteiger partial charge in [0.05, 0.1) is 12.7 Å². The quantitative estimate of drug-likeness (QED) is 0.776. The van der Waals surface area contributed by atoms with Crippen LogP contribution in [0.1, 0.15) is 25.3 Å². The molecule has 1 atom stereocenters. The Morgan fingerprint density at radius 1 is 1.31 bits per heavy atom. The highest BCUT2D eigenvalue weighted by molar-refractivity contribution is 5.90. The monoisotopic (exact) mass is 216 g/mol. The van der Waals surface area contributed by atoms with Crippen molar-refractivity contribution in [3.8, 4) is 0 Å². The normalized spacial score (nSPS) is 24.2. The smallest absolute Gasteiger partial charge is 0.162 e. The lowest BCUT2D eigenvalue weighted by atomic mass is 9.86. The van der Waals surface area contributed by atoms with E-state index in [1.165, 1.54) is 17.9 Å². The molecule has 1 unspecified atom stereocenters. The van der Waals surface area contributed by atoms with Gasteiger partial charge in [-0.05, 0) is 12.0 Å². The van der Waals surface area contributed by atoms with Gasteiger partial charge >= 0.3 is 0 Å². The minimum atomic E-state index is -0.340. The second kappa shape index (κ2) is 4.52. The average Bonchev–Trinajstić information content (AvgIpc) is 2.30. The van der Waals surface area contributed by atoms with Crippen molar-refractivity contribution < 1.29 is 9.53 Å². The van der Waals surface area contributed by atoms with Gasteiger partial charge in [-0.15, -0.1) is 0 Å². The molecule has 2 heteroatoms. The van der Waals surface area contributed by atoms with E-state index >= 15 is 0 Å². The van der Waals surface area contributed by atoms with E-state index in [-0.39, 0.29) is 11.4 Å². The van der Waals surface area contributed by atoms with Crippen molar-refractivity contribution in [2.45, 2.75) is 31.8 Å². The van der Waals surface area contributed by atoms with Crippen LogP contribution >= 0.6 is 0 Å². The van der Waals surface area contributed by atoms with Gasteiger partial charge < -0.3 is 4.74 Å². The van der Waals surface area contributed by atoms with E-state index in [4.69, 9.17) is 4.74 Å². The van der Waals surface area contributed by atoms with E-state index in [9.17, 15) is 4.79 Å². The Kier molecular flexibility index (Phi) is 3.09. The SMILES string of the molecule is CCC1(Cc2ccccc2)CC(=O)C=CO1. The predicted molar refractivity (Wildman–Crippen MR) is 63.0 cm³/mol. The summed E-state index contributed by atoms with van der Waals surface area (Å²) in [4.78, 5) is 11.5. The number of allylic oxidation sites excluding steroid dienone is 1. The summed E-state index contributed by atoms with van der Waals surface area (Å²) in [6, 6.07) is 10.2. The molecule has 0 aliphatic carbocycles. The van der Waals surface area contributed by atoms with Crippen molar-refractivity contribution in [1.29, 1.82) is 0 Å². The maximum absolute atomic E-state index is 11.5. The summed E-state index contributed by atoms with van der Waals surface area (Å²) in [5, 5.41) is 0. The summed E-state index contributed by atoms with van der Waals surface area (Å²) in [5.74, 6) is 0.157. The molecule has 1 aromatic carbocycles. The molecule has 0 radical (unpaired) electrons. The summed E-state index contributed by atoms with van der Waals surface area (Å²) in [6.45, 7) is 2.06. The largest absolute Gasteiger partial charge is 0.494 e. The van der Waals surface area contributed by atoms with Crippen molar-refractivity contribution in [2.24, 2.45) is 0 Å². The Morgan fingerprint density at radius 2 is 2.06 bits per heavy atom. The van der Waals surface area contributed by atoms with Crippen LogP contribution in [0, 0.1) is 0 Å². The Balaban J connectivity index is 2.17. The molecule has 1 aliphatic rings. The van der Waals surface area contributed by atoms with Crippen LogP contribution in [0.15, 0.2) is 42.7 Å². The van der Waals surface area contributed by atoms with E-state index < -0.39 is 0 Å². The summed E-state index contributed by atoms with van der Waals surface area (Å²) in [7, 11) is 0. The van der Waals surface area contributed by atoms with E-state index in [1.54, 1.807) is 0 Å². The molecule has 0 N–H and O–H groups in total. The van der Waals surface area contributed by atoms with Crippen molar-refractivity contribution >= 4 is 5.78 Å². The van der Waals surface area contributed by atoms with Gasteiger partial charge in [0, 0.05) is 12.5 Å². The molecule has 0 spiro atoms. The highest BCUT2D eigenvalue weighted by Gasteiger charge is 2.33. The minimum Gasteiger partial charge on any atom is -0.494 e. The molecular formula is C14H16O2. The fourth-order valence-corrected chi connectivity index (χ4v) is 2.08. The summed E-state index contributed by atoms with van der Waals surface area (Å²) < 4.78 is 5.69. The molecule has 16 heavy (non-hydrogen) atoms. The highest BCUT2D eigenvalue weighted by Crippen LogP contribution is 2.29. The third-order valence-corrected chi connectivity index (χ3v) is 3.08. The Hall–Kier alpha value is -1.57. The molecule has 0 bridgehead atoms. The lowest BCUT2D eigenvalue weighted by molar-refractivity contribution is -0.122. The first-order chi connectivity index (χ1) is 7.74. The topological polar surface area (TPSA) is 26.3 Å². The van der Waals surface area contributed by atoms with Crippen LogP contribution in [0.4, 0.5) is 0 Å². The van der Waals surface area contributed by atoms with Gasteiger partial charge in [-0.25, -0.2) is 0 Å². The summed E-state index contributed by atoms with van der Waals surface area (Å²) >= 11 is 0. The second-order valence-electron chi connectivity index (χ2n) is 4.26. The van der Waals surface area contributed by atoms with E-state index in [2.05, 4.69) is 19.1 Å². The third-order valence-electron chi connectivity index (χ3n) is 3.08. The molecule has 0 saturated carbocycles. The van der Waals surface area contributed by atoms with Crippen LogP contribution in [0.3, 0.4) is 0 Å². The molecular weight excluding hydrogens is 200 g/mol. The molecule has 84 valence electrons. The van der Waals surface area contributed by atoms with Crippen LogP contribution in [0.25, 0.3) is 0 Å². The van der Waals surface area contributed by atoms with Crippen molar-refractivity contribution in [1.82, 2.24) is 0 Å². The zero-order valence-electron chi connectivity index (χ0n) is 9.48. The minimum absolute atomic E-state index is 0.157. The van der Waals surface area contributed by atoms with Gasteiger partial charge in [0.25, 0.3) is 0 Å². The number of benzene rings is 1. The lowest BCUT2D eigenvalue weighted by Gasteiger charge is -2.33. The Morgan fingerprint density at radius 3 is 2.69 bits per heavy atom. The average molecular weight is 216 g/mol. The predicted octanol–water partition coefficient (Wildman–Crippen LogP) is 2.88. The molecule has 1 aromatic rings. The van der Waals surface area contributed by atoms with Gasteiger partial charge in [0.1, 0.15) is 5.60 Å². The van der Waals surface area contributed by atoms with Gasteiger partial charge in [-0.3, -0.25) is 4.79 Å².